The highest BCUT2D eigenvalue weighted by molar-refractivity contribution is 5.79. The van der Waals surface area contributed by atoms with Gasteiger partial charge in [0.2, 0.25) is 5.96 Å². The highest BCUT2D eigenvalue weighted by atomic mass is 16.5. The lowest BCUT2D eigenvalue weighted by Gasteiger charge is -2.42. The standard InChI is InChI=1S/C13H26N4O/c1-18-9-7-15-13(16-14)17-8-6-11-4-2-3-5-12(11)10-17/h11-12H,2-10,14H2,1H3,(H,15,16). The molecule has 0 spiro atoms. The summed E-state index contributed by atoms with van der Waals surface area (Å²) >= 11 is 0. The van der Waals surface area contributed by atoms with Crippen LogP contribution in [0.25, 0.3) is 0 Å². The van der Waals surface area contributed by atoms with Gasteiger partial charge in [0.1, 0.15) is 0 Å². The molecule has 5 heteroatoms. The molecule has 2 atom stereocenters. The zero-order valence-corrected chi connectivity index (χ0v) is 11.4. The zero-order chi connectivity index (χ0) is 12.8. The number of nitrogens with two attached hydrogens (primary N) is 1. The average Bonchev–Trinajstić information content (AvgIpc) is 2.43. The van der Waals surface area contributed by atoms with Gasteiger partial charge in [0.25, 0.3) is 0 Å². The number of rotatable bonds is 3. The van der Waals surface area contributed by atoms with Crippen molar-refractivity contribution in [1.29, 1.82) is 0 Å². The highest BCUT2D eigenvalue weighted by Crippen LogP contribution is 2.35. The number of methoxy groups -OCH3 is 1. The van der Waals surface area contributed by atoms with Crippen LogP contribution in [0, 0.1) is 11.8 Å². The molecule has 2 fully saturated rings. The topological polar surface area (TPSA) is 62.9 Å². The molecular formula is C13H26N4O. The fourth-order valence-corrected chi connectivity index (χ4v) is 3.27. The summed E-state index contributed by atoms with van der Waals surface area (Å²) in [7, 11) is 1.69. The van der Waals surface area contributed by atoms with Crippen LogP contribution in [-0.2, 0) is 4.74 Å². The Kier molecular flexibility index (Phi) is 5.26. The molecular weight excluding hydrogens is 228 g/mol. The maximum absolute atomic E-state index is 5.59. The van der Waals surface area contributed by atoms with Gasteiger partial charge in [-0.05, 0) is 24.7 Å². The Labute approximate surface area is 110 Å². The second-order valence-electron chi connectivity index (χ2n) is 5.38. The second kappa shape index (κ2) is 6.95. The first-order valence-electron chi connectivity index (χ1n) is 7.10. The van der Waals surface area contributed by atoms with Crippen molar-refractivity contribution in [3.8, 4) is 0 Å². The number of guanidine groups is 1. The molecule has 1 aliphatic heterocycles. The molecule has 2 rings (SSSR count). The number of piperidine rings is 1. The summed E-state index contributed by atoms with van der Waals surface area (Å²) in [6.07, 6.45) is 6.89. The van der Waals surface area contributed by atoms with Crippen molar-refractivity contribution in [2.75, 3.05) is 33.4 Å². The van der Waals surface area contributed by atoms with Crippen LogP contribution in [0.15, 0.2) is 4.99 Å². The number of likely N-dealkylation sites (tertiary alicyclic amines) is 1. The number of fused-ring (bicyclic) bond motifs is 1. The minimum atomic E-state index is 0.644. The Morgan fingerprint density at radius 2 is 2.11 bits per heavy atom. The van der Waals surface area contributed by atoms with E-state index in [1.54, 1.807) is 7.11 Å². The maximum Gasteiger partial charge on any atom is 0.208 e. The fraction of sp³-hybridized carbons (Fsp3) is 0.923. The van der Waals surface area contributed by atoms with E-state index in [0.717, 1.165) is 30.9 Å². The summed E-state index contributed by atoms with van der Waals surface area (Å²) in [6.45, 7) is 3.50. The van der Waals surface area contributed by atoms with Gasteiger partial charge in [-0.3, -0.25) is 5.43 Å². The molecule has 1 heterocycles. The Hall–Kier alpha value is -0.810. The third kappa shape index (κ3) is 3.36. The molecule has 0 bridgehead atoms. The van der Waals surface area contributed by atoms with Crippen molar-refractivity contribution in [2.45, 2.75) is 32.1 Å². The lowest BCUT2D eigenvalue weighted by molar-refractivity contribution is 0.127. The van der Waals surface area contributed by atoms with E-state index in [2.05, 4.69) is 15.3 Å². The van der Waals surface area contributed by atoms with Crippen molar-refractivity contribution in [3.63, 3.8) is 0 Å². The Balaban J connectivity index is 1.89. The van der Waals surface area contributed by atoms with E-state index in [4.69, 9.17) is 10.6 Å². The lowest BCUT2D eigenvalue weighted by Crippen LogP contribution is -2.51. The van der Waals surface area contributed by atoms with Gasteiger partial charge in [-0.2, -0.15) is 0 Å². The molecule has 0 aromatic heterocycles. The molecule has 104 valence electrons. The number of nitrogens with one attached hydrogen (secondary N) is 1. The van der Waals surface area contributed by atoms with Crippen LogP contribution >= 0.6 is 0 Å². The summed E-state index contributed by atoms with van der Waals surface area (Å²) in [4.78, 5) is 6.78. The van der Waals surface area contributed by atoms with Crippen LogP contribution in [0.1, 0.15) is 32.1 Å². The van der Waals surface area contributed by atoms with Gasteiger partial charge in [-0.25, -0.2) is 10.8 Å². The normalized spacial score (nSPS) is 29.0. The number of nitrogens with zero attached hydrogens (tertiary/aromatic N) is 2. The van der Waals surface area contributed by atoms with Crippen LogP contribution in [-0.4, -0.2) is 44.2 Å². The van der Waals surface area contributed by atoms with Crippen molar-refractivity contribution < 1.29 is 4.74 Å². The average molecular weight is 254 g/mol. The number of ether oxygens (including phenoxy) is 1. The summed E-state index contributed by atoms with van der Waals surface area (Å²) in [5.74, 6) is 8.20. The SMILES string of the molecule is COCCN=C(NN)N1CCC2CCCCC2C1. The molecule has 0 aromatic rings. The van der Waals surface area contributed by atoms with Gasteiger partial charge in [-0.1, -0.05) is 19.3 Å². The molecule has 1 aliphatic carbocycles. The monoisotopic (exact) mass is 254 g/mol. The molecule has 5 nitrogen and oxygen atoms in total. The quantitative estimate of drug-likeness (QED) is 0.259. The predicted octanol–water partition coefficient (Wildman–Crippen LogP) is 0.964. The van der Waals surface area contributed by atoms with E-state index >= 15 is 0 Å². The van der Waals surface area contributed by atoms with E-state index in [1.165, 1.54) is 32.1 Å². The van der Waals surface area contributed by atoms with E-state index in [9.17, 15) is 0 Å². The molecule has 2 aliphatic rings. The highest BCUT2D eigenvalue weighted by Gasteiger charge is 2.32. The molecule has 18 heavy (non-hydrogen) atoms. The van der Waals surface area contributed by atoms with E-state index in [0.29, 0.717) is 13.2 Å². The lowest BCUT2D eigenvalue weighted by atomic mass is 9.75. The molecule has 3 N–H and O–H groups in total. The summed E-state index contributed by atoms with van der Waals surface area (Å²) in [6, 6.07) is 0. The number of aliphatic imine (C=N–C) groups is 1. The molecule has 1 saturated heterocycles. The summed E-state index contributed by atoms with van der Waals surface area (Å²) in [5, 5.41) is 0. The second-order valence-corrected chi connectivity index (χ2v) is 5.38. The van der Waals surface area contributed by atoms with E-state index in [-0.39, 0.29) is 0 Å². The Bertz CT molecular complexity index is 282. The fourth-order valence-electron chi connectivity index (χ4n) is 3.27. The van der Waals surface area contributed by atoms with Crippen LogP contribution in [0.4, 0.5) is 0 Å². The largest absolute Gasteiger partial charge is 0.383 e. The zero-order valence-electron chi connectivity index (χ0n) is 11.4. The third-order valence-electron chi connectivity index (χ3n) is 4.28. The minimum absolute atomic E-state index is 0.644. The van der Waals surface area contributed by atoms with Gasteiger partial charge in [0, 0.05) is 20.2 Å². The smallest absolute Gasteiger partial charge is 0.208 e. The van der Waals surface area contributed by atoms with E-state index in [1.807, 2.05) is 0 Å². The van der Waals surface area contributed by atoms with Crippen LogP contribution in [0.5, 0.6) is 0 Å². The first kappa shape index (κ1) is 13.6. The summed E-state index contributed by atoms with van der Waals surface area (Å²) < 4.78 is 5.02. The molecule has 2 unspecified atom stereocenters. The molecule has 0 aromatic carbocycles. The number of hydrogen-bond acceptors (Lipinski definition) is 3. The first-order chi connectivity index (χ1) is 8.85. The minimum Gasteiger partial charge on any atom is -0.383 e. The molecule has 1 saturated carbocycles. The van der Waals surface area contributed by atoms with Crippen molar-refractivity contribution in [3.05, 3.63) is 0 Å². The number of hydrazine groups is 1. The third-order valence-corrected chi connectivity index (χ3v) is 4.28. The van der Waals surface area contributed by atoms with Crippen molar-refractivity contribution in [1.82, 2.24) is 10.3 Å². The first-order valence-corrected chi connectivity index (χ1v) is 7.10. The summed E-state index contributed by atoms with van der Waals surface area (Å²) in [5.41, 5.74) is 2.75. The van der Waals surface area contributed by atoms with Gasteiger partial charge in [-0.15, -0.1) is 0 Å². The van der Waals surface area contributed by atoms with Crippen molar-refractivity contribution >= 4 is 5.96 Å². The number of hydrogen-bond donors (Lipinski definition) is 2. The van der Waals surface area contributed by atoms with Crippen LogP contribution in [0.2, 0.25) is 0 Å². The van der Waals surface area contributed by atoms with E-state index < -0.39 is 0 Å². The molecule has 0 radical (unpaired) electrons. The van der Waals surface area contributed by atoms with Gasteiger partial charge in [0.15, 0.2) is 0 Å². The van der Waals surface area contributed by atoms with Crippen molar-refractivity contribution in [2.24, 2.45) is 22.7 Å². The van der Waals surface area contributed by atoms with Gasteiger partial charge < -0.3 is 9.64 Å². The molecule has 0 amide bonds. The van der Waals surface area contributed by atoms with Gasteiger partial charge >= 0.3 is 0 Å². The van der Waals surface area contributed by atoms with Crippen LogP contribution in [0.3, 0.4) is 0 Å². The Morgan fingerprint density at radius 1 is 1.33 bits per heavy atom. The Morgan fingerprint density at radius 3 is 2.83 bits per heavy atom. The van der Waals surface area contributed by atoms with Gasteiger partial charge in [0.05, 0.1) is 13.2 Å². The van der Waals surface area contributed by atoms with Crippen LogP contribution < -0.4 is 11.3 Å². The predicted molar refractivity (Wildman–Crippen MR) is 73.1 cm³/mol. The maximum atomic E-state index is 5.59.